The van der Waals surface area contributed by atoms with Crippen LogP contribution in [0, 0.1) is 12.3 Å². The van der Waals surface area contributed by atoms with Gasteiger partial charge in [-0.15, -0.1) is 0 Å². The molecule has 0 aromatic carbocycles. The number of carbonyl (C=O) groups is 2. The van der Waals surface area contributed by atoms with E-state index in [0.717, 1.165) is 0 Å². The Kier molecular flexibility index (Phi) is 6.91. The third kappa shape index (κ3) is 7.84. The van der Waals surface area contributed by atoms with Crippen molar-refractivity contribution in [2.24, 2.45) is 11.7 Å². The van der Waals surface area contributed by atoms with E-state index in [1.165, 1.54) is 0 Å². The maximum absolute atomic E-state index is 10.5. The summed E-state index contributed by atoms with van der Waals surface area (Å²) in [5.41, 5.74) is 4.95. The first-order valence-corrected chi connectivity index (χ1v) is 3.84. The summed E-state index contributed by atoms with van der Waals surface area (Å²) >= 11 is 0. The number of aliphatic carboxylic acids is 1. The molecule has 0 fully saturated rings. The van der Waals surface area contributed by atoms with Gasteiger partial charge in [-0.1, -0.05) is 0 Å². The molecular weight excluding hydrogens is 405 g/mol. The van der Waals surface area contributed by atoms with Crippen LogP contribution >= 0.6 is 0 Å². The molecule has 4 nitrogen and oxygen atoms in total. The van der Waals surface area contributed by atoms with Gasteiger partial charge in [0.2, 0.25) is 5.91 Å². The zero-order valence-electron chi connectivity index (χ0n) is 7.47. The second kappa shape index (κ2) is 6.64. The SMILES string of the molecule is C[CH-]C[C@H](CC(N)=O)CC(=O)O.[Cm]. The van der Waals surface area contributed by atoms with Crippen molar-refractivity contribution >= 4 is 11.9 Å². The molecule has 0 heterocycles. The fourth-order valence-electron chi connectivity index (χ4n) is 1.10. The standard InChI is InChI=1S/C8H14NO3.Cm/c1-2-3-6(4-7(9)10)5-8(11)12;/h2,6H,3-5H2,1H3,(H2,9,10)(H,11,12);/q-1;/t6-;/m1./s1. The Hall–Kier alpha value is -2.06. The van der Waals surface area contributed by atoms with Crippen LogP contribution in [-0.4, -0.2) is 17.0 Å². The van der Waals surface area contributed by atoms with E-state index in [4.69, 9.17) is 10.8 Å². The maximum Gasteiger partial charge on any atom is 0.303 e. The van der Waals surface area contributed by atoms with E-state index >= 15 is 0 Å². The zero-order chi connectivity index (χ0) is 9.56. The number of carboxylic acids is 1. The van der Waals surface area contributed by atoms with E-state index in [9.17, 15) is 9.59 Å². The average Bonchev–Trinajstić information content (AvgIpc) is 1.84. The van der Waals surface area contributed by atoms with Crippen LogP contribution in [0.3, 0.4) is 0 Å². The van der Waals surface area contributed by atoms with E-state index < -0.39 is 11.9 Å². The van der Waals surface area contributed by atoms with Crippen molar-refractivity contribution in [3.8, 4) is 0 Å². The smallest absolute Gasteiger partial charge is 0.303 e. The van der Waals surface area contributed by atoms with Crippen LogP contribution in [0.1, 0.15) is 26.2 Å². The molecule has 13 heavy (non-hydrogen) atoms. The largest absolute Gasteiger partial charge is 0.481 e. The van der Waals surface area contributed by atoms with Gasteiger partial charge in [-0.3, -0.25) is 9.59 Å². The van der Waals surface area contributed by atoms with Crippen LogP contribution in [0.2, 0.25) is 0 Å². The van der Waals surface area contributed by atoms with Gasteiger partial charge in [0.1, 0.15) is 0 Å². The molecule has 0 aromatic heterocycles. The van der Waals surface area contributed by atoms with Crippen molar-refractivity contribution < 1.29 is 14.7 Å². The molecule has 3 N–H and O–H groups in total. The van der Waals surface area contributed by atoms with Gasteiger partial charge in [0.05, 0.1) is 0 Å². The first-order chi connectivity index (χ1) is 5.56. The third-order valence-corrected chi connectivity index (χ3v) is 1.52. The molecule has 78 valence electrons. The summed E-state index contributed by atoms with van der Waals surface area (Å²) in [5.74, 6) is -1.48. The van der Waals surface area contributed by atoms with Gasteiger partial charge in [-0.25, -0.2) is 0 Å². The third-order valence-electron chi connectivity index (χ3n) is 1.52. The van der Waals surface area contributed by atoms with Crippen LogP contribution in [0.5, 0.6) is 0 Å². The Morgan fingerprint density at radius 3 is 2.31 bits per heavy atom. The molecule has 0 saturated heterocycles. The maximum atomic E-state index is 10.5. The predicted molar refractivity (Wildman–Crippen MR) is 44.1 cm³/mol. The molecule has 0 radical (unpaired) electrons. The summed E-state index contributed by atoms with van der Waals surface area (Å²) in [4.78, 5) is 20.8. The van der Waals surface area contributed by atoms with E-state index in [2.05, 4.69) is 0 Å². The van der Waals surface area contributed by atoms with Crippen LogP contribution in [0.25, 0.3) is 0 Å². The van der Waals surface area contributed by atoms with Crippen molar-refractivity contribution in [3.05, 3.63) is 6.42 Å². The average molecular weight is 419 g/mol. The Balaban J connectivity index is 0. The topological polar surface area (TPSA) is 80.4 Å². The van der Waals surface area contributed by atoms with Crippen LogP contribution in [-0.2, 0) is 9.59 Å². The minimum atomic E-state index is -0.886. The van der Waals surface area contributed by atoms with Gasteiger partial charge in [-0.2, -0.15) is 13.3 Å². The summed E-state index contributed by atoms with van der Waals surface area (Å²) < 4.78 is 0. The molecule has 1 amide bonds. The quantitative estimate of drug-likeness (QED) is 0.618. The van der Waals surface area contributed by atoms with Gasteiger partial charge in [0.25, 0.3) is 0 Å². The number of hydrogen-bond acceptors (Lipinski definition) is 2. The molecule has 1 atom stereocenters. The molecule has 0 unspecified atom stereocenters. The molecule has 5 heteroatoms. The number of carbonyl (C=O) groups excluding carboxylic acids is 1. The minimum Gasteiger partial charge on any atom is -0.481 e. The van der Waals surface area contributed by atoms with Gasteiger partial charge < -0.3 is 17.3 Å². The Morgan fingerprint density at radius 1 is 1.46 bits per heavy atom. The monoisotopic (exact) mass is 415 g/mol. The van der Waals surface area contributed by atoms with E-state index in [1.807, 2.05) is 13.3 Å². The molecule has 0 aliphatic heterocycles. The predicted octanol–water partition coefficient (Wildman–Crippen LogP) is 0.567. The van der Waals surface area contributed by atoms with Crippen LogP contribution < -0.4 is 5.73 Å². The number of nitrogens with two attached hydrogens (primary N) is 1. The van der Waals surface area contributed by atoms with Gasteiger partial charge >= 0.3 is 5.97 Å². The first kappa shape index (κ1) is 13.5. The zero-order valence-corrected chi connectivity index (χ0v) is 10.4. The van der Waals surface area contributed by atoms with Crippen molar-refractivity contribution in [2.75, 3.05) is 0 Å². The molecule has 0 rings (SSSR count). The van der Waals surface area contributed by atoms with E-state index in [1.54, 1.807) is 0 Å². The Bertz CT molecular complexity index is 157. The second-order valence-electron chi connectivity index (χ2n) is 2.78. The summed E-state index contributed by atoms with van der Waals surface area (Å²) in [6, 6.07) is 0. The molecule has 0 saturated carbocycles. The number of carboxylic acid groups (broad SMARTS) is 1. The number of hydrogen-bond donors (Lipinski definition) is 2. The van der Waals surface area contributed by atoms with Crippen molar-refractivity contribution in [1.29, 1.82) is 0 Å². The number of primary amides is 1. The van der Waals surface area contributed by atoms with Crippen LogP contribution in [0.4, 0.5) is 0 Å². The van der Waals surface area contributed by atoms with Crippen molar-refractivity contribution in [3.63, 3.8) is 0 Å². The summed E-state index contributed by atoms with van der Waals surface area (Å²) in [5, 5.41) is 8.46. The number of amides is 1. The summed E-state index contributed by atoms with van der Waals surface area (Å²) in [6.07, 6.45) is 2.62. The van der Waals surface area contributed by atoms with Gasteiger partial charge in [0, 0.05) is 12.8 Å². The summed E-state index contributed by atoms with van der Waals surface area (Å²) in [7, 11) is 0. The van der Waals surface area contributed by atoms with E-state index in [-0.39, 0.29) is 18.8 Å². The fraction of sp³-hybridized carbons (Fsp3) is 0.625. The van der Waals surface area contributed by atoms with Gasteiger partial charge in [-0.05, 0) is 5.92 Å². The molecule has 0 aliphatic carbocycles. The first-order valence-electron chi connectivity index (χ1n) is 3.84. The van der Waals surface area contributed by atoms with E-state index in [0.29, 0.717) is 6.42 Å². The second-order valence-corrected chi connectivity index (χ2v) is 2.78. The molecule has 0 aromatic rings. The Morgan fingerprint density at radius 2 is 2.00 bits per heavy atom. The number of rotatable bonds is 6. The summed E-state index contributed by atoms with van der Waals surface area (Å²) in [6.45, 7) is 1.83. The molecule has 0 bridgehead atoms. The normalized spacial score (nSPS) is 11.5. The molecule has 0 aliphatic rings. The van der Waals surface area contributed by atoms with Crippen molar-refractivity contribution in [2.45, 2.75) is 26.2 Å². The fourth-order valence-corrected chi connectivity index (χ4v) is 1.10. The van der Waals surface area contributed by atoms with Crippen molar-refractivity contribution in [1.82, 2.24) is 0 Å². The Labute approximate surface area is 71.8 Å². The minimum absolute atomic E-state index is 0. The molecule has 0 spiro atoms. The van der Waals surface area contributed by atoms with Gasteiger partial charge in [0.15, 0.2) is 0 Å². The van der Waals surface area contributed by atoms with Crippen LogP contribution in [0.15, 0.2) is 0 Å². The molecular formula is C8H14CmNO3-.